The maximum absolute atomic E-state index is 11.0. The first kappa shape index (κ1) is 12.9. The van der Waals surface area contributed by atoms with E-state index >= 15 is 0 Å². The Balaban J connectivity index is 2.69. The Morgan fingerprint density at radius 3 is 2.44 bits per heavy atom. The molecule has 0 amide bonds. The van der Waals surface area contributed by atoms with Crippen molar-refractivity contribution in [2.45, 2.75) is 38.5 Å². The Bertz CT molecular complexity index is 270. The topological polar surface area (TPSA) is 90.7 Å². The molecule has 6 heteroatoms. The van der Waals surface area contributed by atoms with Gasteiger partial charge < -0.3 is 20.5 Å². The Hall–Kier alpha value is -1.14. The fraction of sp³-hybridized carbons (Fsp3) is 0.800. The monoisotopic (exact) mass is 230 g/mol. The van der Waals surface area contributed by atoms with Gasteiger partial charge in [-0.1, -0.05) is 0 Å². The molecule has 1 aliphatic heterocycles. The predicted molar refractivity (Wildman–Crippen MR) is 56.6 cm³/mol. The van der Waals surface area contributed by atoms with Crippen molar-refractivity contribution >= 4 is 11.9 Å². The van der Waals surface area contributed by atoms with Crippen LogP contribution in [-0.4, -0.2) is 43.3 Å². The van der Waals surface area contributed by atoms with Gasteiger partial charge >= 0.3 is 11.9 Å². The number of carbonyl (C=O) groups is 2. The zero-order valence-electron chi connectivity index (χ0n) is 9.56. The highest BCUT2D eigenvalue weighted by Gasteiger charge is 2.36. The molecule has 0 spiro atoms. The van der Waals surface area contributed by atoms with Crippen LogP contribution in [0.4, 0.5) is 0 Å². The summed E-state index contributed by atoms with van der Waals surface area (Å²) in [6.07, 6.45) is -0.287. The van der Waals surface area contributed by atoms with E-state index in [0.29, 0.717) is 19.5 Å². The number of nitrogens with two attached hydrogens (primary N) is 1. The average molecular weight is 230 g/mol. The molecule has 0 aromatic rings. The van der Waals surface area contributed by atoms with Crippen LogP contribution in [0.3, 0.4) is 0 Å². The number of rotatable bonds is 3. The predicted octanol–water partition coefficient (Wildman–Crippen LogP) is -0.830. The zero-order valence-corrected chi connectivity index (χ0v) is 9.56. The van der Waals surface area contributed by atoms with Gasteiger partial charge in [-0.25, -0.2) is 0 Å². The van der Waals surface area contributed by atoms with Crippen molar-refractivity contribution in [1.29, 1.82) is 0 Å². The molecule has 1 fully saturated rings. The van der Waals surface area contributed by atoms with Crippen molar-refractivity contribution in [2.24, 2.45) is 5.73 Å². The molecule has 0 unspecified atom stereocenters. The van der Waals surface area contributed by atoms with Gasteiger partial charge in [0.05, 0.1) is 6.04 Å². The lowest BCUT2D eigenvalue weighted by atomic mass is 9.98. The molecule has 16 heavy (non-hydrogen) atoms. The number of hydrogen-bond donors (Lipinski definition) is 2. The van der Waals surface area contributed by atoms with E-state index in [1.807, 2.05) is 0 Å². The minimum absolute atomic E-state index is 0.165. The van der Waals surface area contributed by atoms with Gasteiger partial charge in [-0.2, -0.15) is 0 Å². The van der Waals surface area contributed by atoms with Crippen LogP contribution in [0.5, 0.6) is 0 Å². The first-order valence-corrected chi connectivity index (χ1v) is 5.32. The van der Waals surface area contributed by atoms with Gasteiger partial charge in [0.1, 0.15) is 6.10 Å². The van der Waals surface area contributed by atoms with Crippen LogP contribution in [0.2, 0.25) is 0 Å². The highest BCUT2D eigenvalue weighted by atomic mass is 16.6. The largest absolute Gasteiger partial charge is 0.458 e. The maximum atomic E-state index is 11.0. The first-order valence-electron chi connectivity index (χ1n) is 5.32. The van der Waals surface area contributed by atoms with E-state index in [9.17, 15) is 9.59 Å². The maximum Gasteiger partial charge on any atom is 0.303 e. The smallest absolute Gasteiger partial charge is 0.303 e. The summed E-state index contributed by atoms with van der Waals surface area (Å²) in [5.74, 6) is -0.774. The molecule has 92 valence electrons. The van der Waals surface area contributed by atoms with E-state index in [4.69, 9.17) is 15.2 Å². The van der Waals surface area contributed by atoms with E-state index < -0.39 is 18.2 Å². The number of esters is 2. The molecule has 1 saturated heterocycles. The van der Waals surface area contributed by atoms with Gasteiger partial charge in [0.15, 0.2) is 6.10 Å². The fourth-order valence-electron chi connectivity index (χ4n) is 1.86. The third-order valence-electron chi connectivity index (χ3n) is 2.47. The molecule has 0 aromatic heterocycles. The lowest BCUT2D eigenvalue weighted by Gasteiger charge is -2.36. The van der Waals surface area contributed by atoms with Gasteiger partial charge in [0.2, 0.25) is 0 Å². The fourth-order valence-corrected chi connectivity index (χ4v) is 1.86. The van der Waals surface area contributed by atoms with E-state index in [1.165, 1.54) is 13.8 Å². The molecule has 0 aromatic carbocycles. The summed E-state index contributed by atoms with van der Waals surface area (Å²) in [7, 11) is 0. The second-order valence-electron chi connectivity index (χ2n) is 3.81. The SMILES string of the molecule is CC(=O)O[C@@H]1[C@@H](CN)NCC[C@H]1OC(C)=O. The highest BCUT2D eigenvalue weighted by molar-refractivity contribution is 5.67. The molecule has 0 saturated carbocycles. The summed E-state index contributed by atoms with van der Waals surface area (Å²) in [5.41, 5.74) is 5.57. The molecule has 6 nitrogen and oxygen atoms in total. The van der Waals surface area contributed by atoms with Gasteiger partial charge in [-0.15, -0.1) is 0 Å². The molecule has 0 aliphatic carbocycles. The van der Waals surface area contributed by atoms with Crippen molar-refractivity contribution in [2.75, 3.05) is 13.1 Å². The second kappa shape index (κ2) is 5.81. The molecular formula is C10H18N2O4. The van der Waals surface area contributed by atoms with Gasteiger partial charge in [-0.05, 0) is 6.54 Å². The minimum atomic E-state index is -0.500. The summed E-state index contributed by atoms with van der Waals surface area (Å²) in [4.78, 5) is 21.9. The Morgan fingerprint density at radius 1 is 1.31 bits per heavy atom. The summed E-state index contributed by atoms with van der Waals surface area (Å²) < 4.78 is 10.3. The van der Waals surface area contributed by atoms with E-state index in [1.54, 1.807) is 0 Å². The molecule has 3 atom stereocenters. The average Bonchev–Trinajstić information content (AvgIpc) is 2.19. The van der Waals surface area contributed by atoms with Crippen LogP contribution in [0.1, 0.15) is 20.3 Å². The normalized spacial score (nSPS) is 29.6. The zero-order chi connectivity index (χ0) is 12.1. The van der Waals surface area contributed by atoms with Crippen LogP contribution < -0.4 is 11.1 Å². The molecular weight excluding hydrogens is 212 g/mol. The van der Waals surface area contributed by atoms with E-state index in [2.05, 4.69) is 5.32 Å². The summed E-state index contributed by atoms with van der Waals surface area (Å²) in [5, 5.41) is 3.13. The van der Waals surface area contributed by atoms with Crippen molar-refractivity contribution in [3.05, 3.63) is 0 Å². The Morgan fingerprint density at radius 2 is 1.94 bits per heavy atom. The quantitative estimate of drug-likeness (QED) is 0.615. The standard InChI is InChI=1S/C10H18N2O4/c1-6(13)15-9-3-4-12-8(5-11)10(9)16-7(2)14/h8-10,12H,3-5,11H2,1-2H3/t8-,9-,10-/m1/s1. The van der Waals surface area contributed by atoms with Crippen molar-refractivity contribution < 1.29 is 19.1 Å². The summed E-state index contributed by atoms with van der Waals surface area (Å²) in [6, 6.07) is -0.165. The number of hydrogen-bond acceptors (Lipinski definition) is 6. The summed E-state index contributed by atoms with van der Waals surface area (Å²) >= 11 is 0. The lowest BCUT2D eigenvalue weighted by molar-refractivity contribution is -0.170. The molecule has 1 heterocycles. The Labute approximate surface area is 94.5 Å². The van der Waals surface area contributed by atoms with E-state index in [-0.39, 0.29) is 12.0 Å². The van der Waals surface area contributed by atoms with Crippen LogP contribution in [0, 0.1) is 0 Å². The number of nitrogens with one attached hydrogen (secondary N) is 1. The van der Waals surface area contributed by atoms with E-state index in [0.717, 1.165) is 0 Å². The third-order valence-corrected chi connectivity index (χ3v) is 2.47. The lowest BCUT2D eigenvalue weighted by Crippen LogP contribution is -2.58. The highest BCUT2D eigenvalue weighted by Crippen LogP contribution is 2.17. The molecule has 3 N–H and O–H groups in total. The number of carbonyl (C=O) groups excluding carboxylic acids is 2. The third kappa shape index (κ3) is 3.46. The minimum Gasteiger partial charge on any atom is -0.458 e. The number of ether oxygens (including phenoxy) is 2. The first-order chi connectivity index (χ1) is 7.54. The summed E-state index contributed by atoms with van der Waals surface area (Å²) in [6.45, 7) is 3.69. The molecule has 0 bridgehead atoms. The van der Waals surface area contributed by atoms with Gasteiger partial charge in [0, 0.05) is 26.8 Å². The molecule has 1 rings (SSSR count). The van der Waals surface area contributed by atoms with Gasteiger partial charge in [0.25, 0.3) is 0 Å². The van der Waals surface area contributed by atoms with Crippen LogP contribution in [0.15, 0.2) is 0 Å². The van der Waals surface area contributed by atoms with Crippen LogP contribution >= 0.6 is 0 Å². The number of piperidine rings is 1. The van der Waals surface area contributed by atoms with Crippen molar-refractivity contribution in [3.8, 4) is 0 Å². The molecule has 1 aliphatic rings. The Kier molecular flexibility index (Phi) is 4.70. The van der Waals surface area contributed by atoms with Gasteiger partial charge in [-0.3, -0.25) is 9.59 Å². The second-order valence-corrected chi connectivity index (χ2v) is 3.81. The van der Waals surface area contributed by atoms with Crippen LogP contribution in [-0.2, 0) is 19.1 Å². The van der Waals surface area contributed by atoms with Crippen molar-refractivity contribution in [3.63, 3.8) is 0 Å². The van der Waals surface area contributed by atoms with Crippen LogP contribution in [0.25, 0.3) is 0 Å². The van der Waals surface area contributed by atoms with Crippen molar-refractivity contribution in [1.82, 2.24) is 5.32 Å². The molecule has 0 radical (unpaired) electrons.